The van der Waals surface area contributed by atoms with E-state index in [0.717, 1.165) is 11.1 Å². The van der Waals surface area contributed by atoms with Gasteiger partial charge in [0, 0.05) is 25.0 Å². The van der Waals surface area contributed by atoms with E-state index in [-0.39, 0.29) is 48.2 Å². The van der Waals surface area contributed by atoms with E-state index in [1.165, 1.54) is 32.4 Å². The van der Waals surface area contributed by atoms with E-state index in [2.05, 4.69) is 5.32 Å². The molecule has 2 aromatic rings. The molecule has 0 saturated carbocycles. The summed E-state index contributed by atoms with van der Waals surface area (Å²) < 4.78 is 24.4. The first kappa shape index (κ1) is 24.1. The number of benzene rings is 2. The molecule has 1 N–H and O–H groups in total. The van der Waals surface area contributed by atoms with Crippen LogP contribution in [0, 0.1) is 5.82 Å². The van der Waals surface area contributed by atoms with Crippen LogP contribution >= 0.6 is 0 Å². The Morgan fingerprint density at radius 2 is 1.87 bits per heavy atom. The van der Waals surface area contributed by atoms with Crippen LogP contribution in [-0.2, 0) is 16.0 Å². The normalized spacial score (nSPS) is 15.5. The minimum Gasteiger partial charge on any atom is -0.550 e. The van der Waals surface area contributed by atoms with E-state index >= 15 is 0 Å². The second-order valence-corrected chi connectivity index (χ2v) is 6.75. The second-order valence-electron chi connectivity index (χ2n) is 6.75. The Morgan fingerprint density at radius 1 is 1.20 bits per heavy atom. The molecule has 0 spiro atoms. The number of carboxylic acids is 1. The van der Waals surface area contributed by atoms with Crippen molar-refractivity contribution in [1.29, 1.82) is 0 Å². The van der Waals surface area contributed by atoms with Crippen LogP contribution in [0.2, 0.25) is 0 Å². The first-order valence-electron chi connectivity index (χ1n) is 9.16. The molecule has 2 aromatic carbocycles. The number of aliphatic carboxylic acids is 1. The van der Waals surface area contributed by atoms with Crippen LogP contribution in [-0.4, -0.2) is 44.1 Å². The van der Waals surface area contributed by atoms with Gasteiger partial charge in [0.15, 0.2) is 11.5 Å². The number of ether oxygens (including phenoxy) is 2. The maximum atomic E-state index is 13.8. The standard InChI is InChI=1S/C21H23FN2O5.Na/c1-28-18-9-13-7-8-24(12-20(25)23-16-6-4-3-5-15(16)22)17(11-21(26)27)14(13)10-19(18)29-2;/h3-6,9-10,17H,7-8,11-12H2,1-2H3,(H,23,25)(H,26,27);/q;+1/p-1. The van der Waals surface area contributed by atoms with E-state index in [1.807, 2.05) is 6.07 Å². The van der Waals surface area contributed by atoms with Crippen molar-refractivity contribution in [2.24, 2.45) is 0 Å². The molecule has 1 atom stereocenters. The predicted molar refractivity (Wildman–Crippen MR) is 102 cm³/mol. The molecule has 1 heterocycles. The van der Waals surface area contributed by atoms with Crippen LogP contribution in [0.1, 0.15) is 23.6 Å². The fourth-order valence-electron chi connectivity index (χ4n) is 3.60. The summed E-state index contributed by atoms with van der Waals surface area (Å²) in [7, 11) is 3.03. The summed E-state index contributed by atoms with van der Waals surface area (Å²) in [6.07, 6.45) is 0.321. The maximum absolute atomic E-state index is 13.8. The van der Waals surface area contributed by atoms with Crippen molar-refractivity contribution in [3.8, 4) is 11.5 Å². The molecule has 1 aliphatic rings. The van der Waals surface area contributed by atoms with E-state index in [9.17, 15) is 19.1 Å². The van der Waals surface area contributed by atoms with E-state index in [4.69, 9.17) is 9.47 Å². The zero-order valence-corrected chi connectivity index (χ0v) is 19.2. The summed E-state index contributed by atoms with van der Waals surface area (Å²) in [5, 5.41) is 13.9. The number of carbonyl (C=O) groups is 2. The Bertz CT molecular complexity index is 924. The summed E-state index contributed by atoms with van der Waals surface area (Å²) in [6, 6.07) is 8.86. The monoisotopic (exact) mass is 424 g/mol. The zero-order valence-electron chi connectivity index (χ0n) is 17.2. The summed E-state index contributed by atoms with van der Waals surface area (Å²) in [5.74, 6) is -1.15. The third kappa shape index (κ3) is 5.51. The average Bonchev–Trinajstić information content (AvgIpc) is 2.70. The molecule has 1 unspecified atom stereocenters. The van der Waals surface area contributed by atoms with Crippen LogP contribution in [0.5, 0.6) is 11.5 Å². The van der Waals surface area contributed by atoms with Gasteiger partial charge in [0.25, 0.3) is 0 Å². The van der Waals surface area contributed by atoms with Crippen LogP contribution < -0.4 is 49.5 Å². The molecule has 0 saturated heterocycles. The van der Waals surface area contributed by atoms with E-state index in [1.54, 1.807) is 17.0 Å². The number of halogens is 1. The van der Waals surface area contributed by atoms with Crippen molar-refractivity contribution in [2.75, 3.05) is 32.6 Å². The second kappa shape index (κ2) is 10.8. The average molecular weight is 424 g/mol. The third-order valence-corrected chi connectivity index (χ3v) is 4.97. The Labute approximate surface area is 196 Å². The summed E-state index contributed by atoms with van der Waals surface area (Å²) >= 11 is 0. The minimum absolute atomic E-state index is 0. The molecule has 7 nitrogen and oxygen atoms in total. The predicted octanol–water partition coefficient (Wildman–Crippen LogP) is -1.48. The van der Waals surface area contributed by atoms with Crippen molar-refractivity contribution in [2.45, 2.75) is 18.9 Å². The van der Waals surface area contributed by atoms with Gasteiger partial charge in [-0.3, -0.25) is 9.69 Å². The largest absolute Gasteiger partial charge is 1.00 e. The van der Waals surface area contributed by atoms with Gasteiger partial charge >= 0.3 is 29.6 Å². The molecule has 1 aliphatic heterocycles. The van der Waals surface area contributed by atoms with Crippen molar-refractivity contribution in [3.63, 3.8) is 0 Å². The van der Waals surface area contributed by atoms with Gasteiger partial charge < -0.3 is 24.7 Å². The maximum Gasteiger partial charge on any atom is 1.00 e. The van der Waals surface area contributed by atoms with Crippen molar-refractivity contribution < 1.29 is 58.1 Å². The number of nitrogens with one attached hydrogen (secondary N) is 1. The van der Waals surface area contributed by atoms with Crippen LogP contribution in [0.4, 0.5) is 10.1 Å². The smallest absolute Gasteiger partial charge is 0.550 e. The van der Waals surface area contributed by atoms with Gasteiger partial charge in [-0.1, -0.05) is 12.1 Å². The number of para-hydroxylation sites is 1. The van der Waals surface area contributed by atoms with Gasteiger partial charge in [-0.2, -0.15) is 0 Å². The molecule has 0 aliphatic carbocycles. The zero-order chi connectivity index (χ0) is 21.0. The number of rotatable bonds is 7. The van der Waals surface area contributed by atoms with Gasteiger partial charge in [-0.25, -0.2) is 4.39 Å². The Balaban J connectivity index is 0.00000320. The van der Waals surface area contributed by atoms with Gasteiger partial charge in [0.05, 0.1) is 26.5 Å². The SMILES string of the molecule is COc1cc2c(cc1OC)C(CC(=O)[O-])N(CC(=O)Nc1ccccc1F)CC2.[Na+]. The Hall–Kier alpha value is -2.13. The van der Waals surface area contributed by atoms with E-state index in [0.29, 0.717) is 24.5 Å². The number of methoxy groups -OCH3 is 2. The number of amides is 1. The number of carbonyl (C=O) groups excluding carboxylic acids is 2. The number of hydrogen-bond donors (Lipinski definition) is 1. The number of nitrogens with zero attached hydrogens (tertiary/aromatic N) is 1. The molecule has 3 rings (SSSR count). The molecule has 154 valence electrons. The quantitative estimate of drug-likeness (QED) is 0.546. The molecular formula is C21H22FN2NaO5. The van der Waals surface area contributed by atoms with Crippen molar-refractivity contribution >= 4 is 17.6 Å². The Kier molecular flexibility index (Phi) is 8.66. The molecule has 0 radical (unpaired) electrons. The van der Waals surface area contributed by atoms with Gasteiger partial charge in [0.1, 0.15) is 5.82 Å². The first-order chi connectivity index (χ1) is 13.9. The number of fused-ring (bicyclic) bond motifs is 1. The van der Waals surface area contributed by atoms with Gasteiger partial charge in [-0.05, 0) is 41.8 Å². The van der Waals surface area contributed by atoms with Crippen LogP contribution in [0.15, 0.2) is 36.4 Å². The Morgan fingerprint density at radius 3 is 2.50 bits per heavy atom. The van der Waals surface area contributed by atoms with Crippen LogP contribution in [0.3, 0.4) is 0 Å². The minimum atomic E-state index is -1.22. The summed E-state index contributed by atoms with van der Waals surface area (Å²) in [6.45, 7) is 0.380. The molecule has 1 amide bonds. The fourth-order valence-corrected chi connectivity index (χ4v) is 3.60. The van der Waals surface area contributed by atoms with Crippen molar-refractivity contribution in [3.05, 3.63) is 53.3 Å². The molecule has 30 heavy (non-hydrogen) atoms. The van der Waals surface area contributed by atoms with Gasteiger partial charge in [-0.15, -0.1) is 0 Å². The molecule has 0 fully saturated rings. The van der Waals surface area contributed by atoms with Crippen molar-refractivity contribution in [1.82, 2.24) is 4.90 Å². The molecule has 9 heteroatoms. The topological polar surface area (TPSA) is 90.9 Å². The first-order valence-corrected chi connectivity index (χ1v) is 9.16. The number of anilines is 1. The number of carboxylic acid groups (broad SMARTS) is 1. The molecule has 0 aromatic heterocycles. The molecule has 0 bridgehead atoms. The van der Waals surface area contributed by atoms with Crippen LogP contribution in [0.25, 0.3) is 0 Å². The summed E-state index contributed by atoms with van der Waals surface area (Å²) in [4.78, 5) is 25.6. The summed E-state index contributed by atoms with van der Waals surface area (Å²) in [5.41, 5.74) is 1.76. The van der Waals surface area contributed by atoms with E-state index < -0.39 is 23.7 Å². The third-order valence-electron chi connectivity index (χ3n) is 4.97. The fraction of sp³-hybridized carbons (Fsp3) is 0.333. The number of hydrogen-bond acceptors (Lipinski definition) is 6. The van der Waals surface area contributed by atoms with Gasteiger partial charge in [0.2, 0.25) is 5.91 Å². The molecular weight excluding hydrogens is 402 g/mol.